The van der Waals surface area contributed by atoms with Crippen LogP contribution >= 0.6 is 11.6 Å². The Morgan fingerprint density at radius 3 is 2.43 bits per heavy atom. The molecule has 2 N–H and O–H groups in total. The van der Waals surface area contributed by atoms with E-state index in [1.165, 1.54) is 0 Å². The average molecular weight is 316 g/mol. The van der Waals surface area contributed by atoms with Gasteiger partial charge in [-0.05, 0) is 19.8 Å². The standard InChI is InChI=1S/C15H26ClN3O2/c1-9(2)14(21)15(5,6)8-17-12(20)7-19-11(4)13(16)10(3)18-19/h9,14,21H,7-8H2,1-6H3,(H,17,20). The number of carbonyl (C=O) groups excluding carboxylic acids is 1. The van der Waals surface area contributed by atoms with Crippen molar-refractivity contribution in [2.45, 2.75) is 54.2 Å². The minimum atomic E-state index is -0.471. The number of hydrogen-bond donors (Lipinski definition) is 2. The number of amides is 1. The maximum atomic E-state index is 12.0. The maximum absolute atomic E-state index is 12.0. The monoisotopic (exact) mass is 315 g/mol. The van der Waals surface area contributed by atoms with Crippen LogP contribution in [0.4, 0.5) is 0 Å². The minimum Gasteiger partial charge on any atom is -0.392 e. The third-order valence-electron chi connectivity index (χ3n) is 3.76. The van der Waals surface area contributed by atoms with Crippen LogP contribution in [0.5, 0.6) is 0 Å². The summed E-state index contributed by atoms with van der Waals surface area (Å²) in [6, 6.07) is 0. The number of carbonyl (C=O) groups is 1. The zero-order valence-electron chi connectivity index (χ0n) is 13.7. The second kappa shape index (κ2) is 6.79. The number of halogens is 1. The Kier molecular flexibility index (Phi) is 5.82. The molecule has 5 nitrogen and oxygen atoms in total. The van der Waals surface area contributed by atoms with Crippen LogP contribution in [-0.4, -0.2) is 33.4 Å². The van der Waals surface area contributed by atoms with Crippen molar-refractivity contribution >= 4 is 17.5 Å². The molecule has 0 aliphatic rings. The van der Waals surface area contributed by atoms with E-state index in [0.717, 1.165) is 11.4 Å². The van der Waals surface area contributed by atoms with Gasteiger partial charge in [0.15, 0.2) is 0 Å². The summed E-state index contributed by atoms with van der Waals surface area (Å²) >= 11 is 6.06. The van der Waals surface area contributed by atoms with E-state index in [1.807, 2.05) is 41.5 Å². The molecule has 0 saturated carbocycles. The molecule has 0 aliphatic carbocycles. The summed E-state index contributed by atoms with van der Waals surface area (Å²) in [7, 11) is 0. The highest BCUT2D eigenvalue weighted by Crippen LogP contribution is 2.25. The normalized spacial score (nSPS) is 13.6. The molecule has 120 valence electrons. The highest BCUT2D eigenvalue weighted by molar-refractivity contribution is 6.31. The van der Waals surface area contributed by atoms with Gasteiger partial charge in [-0.3, -0.25) is 9.48 Å². The van der Waals surface area contributed by atoms with Gasteiger partial charge in [-0.1, -0.05) is 39.3 Å². The van der Waals surface area contributed by atoms with E-state index < -0.39 is 6.10 Å². The van der Waals surface area contributed by atoms with Gasteiger partial charge >= 0.3 is 0 Å². The summed E-state index contributed by atoms with van der Waals surface area (Å²) in [5, 5.41) is 17.8. The quantitative estimate of drug-likeness (QED) is 0.846. The second-order valence-electron chi connectivity index (χ2n) is 6.60. The molecule has 0 spiro atoms. The largest absolute Gasteiger partial charge is 0.392 e. The molecule has 1 aromatic heterocycles. The Balaban J connectivity index is 2.60. The SMILES string of the molecule is Cc1nn(CC(=O)NCC(C)(C)C(O)C(C)C)c(C)c1Cl. The summed E-state index contributed by atoms with van der Waals surface area (Å²) < 4.78 is 1.60. The van der Waals surface area contributed by atoms with Crippen molar-refractivity contribution in [1.29, 1.82) is 0 Å². The first-order chi connectivity index (χ1) is 9.56. The summed E-state index contributed by atoms with van der Waals surface area (Å²) in [5.41, 5.74) is 1.12. The third kappa shape index (κ3) is 4.45. The van der Waals surface area contributed by atoms with Crippen LogP contribution in [0.15, 0.2) is 0 Å². The van der Waals surface area contributed by atoms with Crippen molar-refractivity contribution in [3.05, 3.63) is 16.4 Å². The lowest BCUT2D eigenvalue weighted by molar-refractivity contribution is -0.122. The Morgan fingerprint density at radius 1 is 1.43 bits per heavy atom. The van der Waals surface area contributed by atoms with Crippen LogP contribution < -0.4 is 5.32 Å². The van der Waals surface area contributed by atoms with Crippen molar-refractivity contribution in [3.8, 4) is 0 Å². The summed E-state index contributed by atoms with van der Waals surface area (Å²) in [6.07, 6.45) is -0.471. The molecule has 0 bridgehead atoms. The first-order valence-electron chi connectivity index (χ1n) is 7.20. The van der Waals surface area contributed by atoms with Crippen molar-refractivity contribution < 1.29 is 9.90 Å². The molecule has 1 rings (SSSR count). The molecule has 1 aromatic rings. The predicted octanol–water partition coefficient (Wildman–Crippen LogP) is 2.31. The molecule has 1 unspecified atom stereocenters. The van der Waals surface area contributed by atoms with Gasteiger partial charge < -0.3 is 10.4 Å². The number of hydrogen-bond acceptors (Lipinski definition) is 3. The maximum Gasteiger partial charge on any atom is 0.241 e. The Labute approximate surface area is 131 Å². The van der Waals surface area contributed by atoms with E-state index in [2.05, 4.69) is 10.4 Å². The van der Waals surface area contributed by atoms with E-state index in [1.54, 1.807) is 4.68 Å². The third-order valence-corrected chi connectivity index (χ3v) is 4.31. The molecule has 0 saturated heterocycles. The number of aryl methyl sites for hydroxylation is 1. The van der Waals surface area contributed by atoms with Crippen LogP contribution in [0.3, 0.4) is 0 Å². The van der Waals surface area contributed by atoms with Crippen LogP contribution in [-0.2, 0) is 11.3 Å². The highest BCUT2D eigenvalue weighted by atomic mass is 35.5. The predicted molar refractivity (Wildman–Crippen MR) is 84.3 cm³/mol. The Morgan fingerprint density at radius 2 is 2.00 bits per heavy atom. The van der Waals surface area contributed by atoms with Crippen LogP contribution in [0.2, 0.25) is 5.02 Å². The molecule has 1 atom stereocenters. The summed E-state index contributed by atoms with van der Waals surface area (Å²) in [5.74, 6) is 0.00742. The highest BCUT2D eigenvalue weighted by Gasteiger charge is 2.30. The van der Waals surface area contributed by atoms with Gasteiger partial charge in [0, 0.05) is 12.0 Å². The van der Waals surface area contributed by atoms with Gasteiger partial charge in [0.25, 0.3) is 0 Å². The lowest BCUT2D eigenvalue weighted by Gasteiger charge is -2.33. The number of aromatic nitrogens is 2. The number of nitrogens with zero attached hydrogens (tertiary/aromatic N) is 2. The molecule has 1 amide bonds. The Hall–Kier alpha value is -1.07. The zero-order chi connectivity index (χ0) is 16.4. The van der Waals surface area contributed by atoms with Crippen LogP contribution in [0.1, 0.15) is 39.1 Å². The van der Waals surface area contributed by atoms with Crippen molar-refractivity contribution in [3.63, 3.8) is 0 Å². The van der Waals surface area contributed by atoms with Crippen molar-refractivity contribution in [2.75, 3.05) is 6.54 Å². The van der Waals surface area contributed by atoms with Gasteiger partial charge in [0.05, 0.1) is 22.5 Å². The molecular formula is C15H26ClN3O2. The lowest BCUT2D eigenvalue weighted by Crippen LogP contribution is -2.44. The van der Waals surface area contributed by atoms with E-state index in [4.69, 9.17) is 11.6 Å². The summed E-state index contributed by atoms with van der Waals surface area (Å²) in [4.78, 5) is 12.0. The first kappa shape index (κ1) is 18.0. The lowest BCUT2D eigenvalue weighted by atomic mass is 9.81. The van der Waals surface area contributed by atoms with Gasteiger partial charge in [-0.25, -0.2) is 0 Å². The molecule has 6 heteroatoms. The fourth-order valence-electron chi connectivity index (χ4n) is 2.35. The Bertz CT molecular complexity index is 509. The molecule has 0 radical (unpaired) electrons. The molecule has 0 aliphatic heterocycles. The van der Waals surface area contributed by atoms with Crippen LogP contribution in [0.25, 0.3) is 0 Å². The van der Waals surface area contributed by atoms with Crippen molar-refractivity contribution in [1.82, 2.24) is 15.1 Å². The number of aliphatic hydroxyl groups excluding tert-OH is 1. The number of rotatable bonds is 6. The number of nitrogens with one attached hydrogen (secondary N) is 1. The fourth-order valence-corrected chi connectivity index (χ4v) is 2.49. The van der Waals surface area contributed by atoms with Crippen molar-refractivity contribution in [2.24, 2.45) is 11.3 Å². The van der Waals surface area contributed by atoms with Gasteiger partial charge in [0.2, 0.25) is 5.91 Å². The van der Waals surface area contributed by atoms with Gasteiger partial charge in [0.1, 0.15) is 6.54 Å². The minimum absolute atomic E-state index is 0.132. The second-order valence-corrected chi connectivity index (χ2v) is 6.97. The first-order valence-corrected chi connectivity index (χ1v) is 7.58. The van der Waals surface area contributed by atoms with E-state index >= 15 is 0 Å². The summed E-state index contributed by atoms with van der Waals surface area (Å²) in [6.45, 7) is 12.0. The van der Waals surface area contributed by atoms with E-state index in [-0.39, 0.29) is 23.8 Å². The van der Waals surface area contributed by atoms with E-state index in [9.17, 15) is 9.90 Å². The molecule has 0 aromatic carbocycles. The molecule has 21 heavy (non-hydrogen) atoms. The molecular weight excluding hydrogens is 290 g/mol. The van der Waals surface area contributed by atoms with E-state index in [0.29, 0.717) is 11.6 Å². The fraction of sp³-hybridized carbons (Fsp3) is 0.733. The van der Waals surface area contributed by atoms with Crippen LogP contribution in [0, 0.1) is 25.2 Å². The smallest absolute Gasteiger partial charge is 0.241 e. The molecule has 1 heterocycles. The topological polar surface area (TPSA) is 67.2 Å². The molecule has 0 fully saturated rings. The number of aliphatic hydroxyl groups is 1. The van der Waals surface area contributed by atoms with Gasteiger partial charge in [-0.15, -0.1) is 0 Å². The zero-order valence-corrected chi connectivity index (χ0v) is 14.5. The average Bonchev–Trinajstić information content (AvgIpc) is 2.63. The van der Waals surface area contributed by atoms with Gasteiger partial charge in [-0.2, -0.15) is 5.10 Å².